The van der Waals surface area contributed by atoms with Gasteiger partial charge in [-0.05, 0) is 42.7 Å². The Labute approximate surface area is 251 Å². The molecule has 11 nitrogen and oxygen atoms in total. The normalized spacial score (nSPS) is 14.9. The lowest BCUT2D eigenvalue weighted by Gasteiger charge is -2.35. The fourth-order valence-electron chi connectivity index (χ4n) is 5.07. The first-order chi connectivity index (χ1) is 20.9. The number of nitriles is 1. The van der Waals surface area contributed by atoms with E-state index >= 15 is 0 Å². The molecule has 0 aromatic carbocycles. The summed E-state index contributed by atoms with van der Waals surface area (Å²) >= 11 is 0. The lowest BCUT2D eigenvalue weighted by molar-refractivity contribution is 0.236. The van der Waals surface area contributed by atoms with E-state index < -0.39 is 0 Å². The zero-order valence-corrected chi connectivity index (χ0v) is 24.8. The van der Waals surface area contributed by atoms with Gasteiger partial charge in [-0.2, -0.15) is 10.4 Å². The number of rotatable bonds is 11. The number of methoxy groups -OCH3 is 1. The largest absolute Gasteiger partial charge is 0.481 e. The van der Waals surface area contributed by atoms with E-state index in [2.05, 4.69) is 37.3 Å². The minimum atomic E-state index is 0.101. The van der Waals surface area contributed by atoms with Crippen molar-refractivity contribution in [3.8, 4) is 23.1 Å². The molecule has 1 atom stereocenters. The van der Waals surface area contributed by atoms with E-state index in [9.17, 15) is 10.4 Å². The van der Waals surface area contributed by atoms with E-state index in [1.165, 1.54) is 0 Å². The van der Waals surface area contributed by atoms with Gasteiger partial charge in [-0.15, -0.1) is 0 Å². The number of hydrogen-bond acceptors (Lipinski definition) is 10. The molecular formula is C32H37N9O2. The number of fused-ring (bicyclic) bond motifs is 1. The molecule has 43 heavy (non-hydrogen) atoms. The molecule has 11 heteroatoms. The molecule has 3 N–H and O–H groups in total. The minimum absolute atomic E-state index is 0.101. The van der Waals surface area contributed by atoms with Crippen molar-refractivity contribution in [2.75, 3.05) is 51.3 Å². The van der Waals surface area contributed by atoms with Gasteiger partial charge in [-0.1, -0.05) is 13.0 Å². The molecule has 4 aromatic heterocycles. The van der Waals surface area contributed by atoms with Crippen molar-refractivity contribution in [3.63, 3.8) is 0 Å². The van der Waals surface area contributed by atoms with E-state index in [0.717, 1.165) is 60.9 Å². The lowest BCUT2D eigenvalue weighted by Crippen LogP contribution is -2.46. The summed E-state index contributed by atoms with van der Waals surface area (Å²) in [5, 5.41) is 35.4. The van der Waals surface area contributed by atoms with Crippen LogP contribution in [0.3, 0.4) is 0 Å². The van der Waals surface area contributed by atoms with Gasteiger partial charge in [0, 0.05) is 92.9 Å². The van der Waals surface area contributed by atoms with Crippen molar-refractivity contribution in [2.24, 2.45) is 5.92 Å². The second-order valence-corrected chi connectivity index (χ2v) is 10.9. The highest BCUT2D eigenvalue weighted by molar-refractivity contribution is 6.08. The van der Waals surface area contributed by atoms with Gasteiger partial charge in [0.15, 0.2) is 0 Å². The number of ether oxygens (including phenoxy) is 1. The van der Waals surface area contributed by atoms with Gasteiger partial charge in [0.2, 0.25) is 5.88 Å². The van der Waals surface area contributed by atoms with E-state index in [-0.39, 0.29) is 12.5 Å². The van der Waals surface area contributed by atoms with Crippen molar-refractivity contribution in [1.29, 1.82) is 10.7 Å². The number of pyridine rings is 3. The standard InChI is InChI=1S/C32H37N9O2/c1-22(21-42)15-35-23(2)12-29(34)26-13-28(32-27(14-33)18-38-41(32)20-26)25-5-6-30(36-17-25)40-10-8-39(9-11-40)19-24-4-7-31(43-3)37-16-24/h4-7,12-13,16-18,20,22,34-35,42H,8-11,15,19,21H2,1-3H3/b23-12-,34-29?. The Hall–Kier alpha value is -4.79. The average Bonchev–Trinajstić information content (AvgIpc) is 3.47. The van der Waals surface area contributed by atoms with Crippen LogP contribution >= 0.6 is 0 Å². The third kappa shape index (κ3) is 6.99. The predicted molar refractivity (Wildman–Crippen MR) is 166 cm³/mol. The smallest absolute Gasteiger partial charge is 0.212 e. The van der Waals surface area contributed by atoms with Crippen LogP contribution in [-0.4, -0.2) is 81.7 Å². The monoisotopic (exact) mass is 579 g/mol. The highest BCUT2D eigenvalue weighted by atomic mass is 16.5. The Morgan fingerprint density at radius 1 is 1.16 bits per heavy atom. The van der Waals surface area contributed by atoms with E-state index in [4.69, 9.17) is 15.1 Å². The molecule has 0 radical (unpaired) electrons. The summed E-state index contributed by atoms with van der Waals surface area (Å²) in [6.07, 6.45) is 8.78. The van der Waals surface area contributed by atoms with Crippen molar-refractivity contribution < 1.29 is 9.84 Å². The van der Waals surface area contributed by atoms with Crippen molar-refractivity contribution in [3.05, 3.63) is 83.6 Å². The summed E-state index contributed by atoms with van der Waals surface area (Å²) in [7, 11) is 1.62. The molecule has 1 unspecified atom stereocenters. The van der Waals surface area contributed by atoms with Gasteiger partial charge in [0.1, 0.15) is 11.9 Å². The van der Waals surface area contributed by atoms with Gasteiger partial charge in [0.05, 0.1) is 30.1 Å². The topological polar surface area (TPSA) is 139 Å². The molecule has 0 aliphatic carbocycles. The van der Waals surface area contributed by atoms with Crippen LogP contribution < -0.4 is 15.0 Å². The molecule has 0 spiro atoms. The Bertz CT molecular complexity index is 1630. The first kappa shape index (κ1) is 29.7. The molecular weight excluding hydrogens is 542 g/mol. The van der Waals surface area contributed by atoms with Gasteiger partial charge >= 0.3 is 0 Å². The molecule has 4 aromatic rings. The molecule has 0 amide bonds. The van der Waals surface area contributed by atoms with Crippen molar-refractivity contribution in [2.45, 2.75) is 20.4 Å². The molecule has 1 aliphatic rings. The lowest BCUT2D eigenvalue weighted by atomic mass is 10.0. The number of aliphatic hydroxyl groups is 1. The van der Waals surface area contributed by atoms with Crippen LogP contribution in [0.1, 0.15) is 30.5 Å². The van der Waals surface area contributed by atoms with Gasteiger partial charge in [0.25, 0.3) is 0 Å². The second-order valence-electron chi connectivity index (χ2n) is 10.9. The number of nitrogens with zero attached hydrogens (tertiary/aromatic N) is 7. The van der Waals surface area contributed by atoms with E-state index in [1.54, 1.807) is 30.1 Å². The fraction of sp³-hybridized carbons (Fsp3) is 0.344. The Balaban J connectivity index is 1.31. The first-order valence-corrected chi connectivity index (χ1v) is 14.3. The molecule has 1 saturated heterocycles. The number of allylic oxidation sites excluding steroid dienone is 2. The van der Waals surface area contributed by atoms with Crippen LogP contribution in [-0.2, 0) is 6.54 Å². The molecule has 5 heterocycles. The van der Waals surface area contributed by atoms with Crippen LogP contribution in [0.5, 0.6) is 5.88 Å². The maximum Gasteiger partial charge on any atom is 0.212 e. The van der Waals surface area contributed by atoms with Crippen LogP contribution in [0.25, 0.3) is 16.6 Å². The Kier molecular flexibility index (Phi) is 9.29. The number of piperazine rings is 1. The highest BCUT2D eigenvalue weighted by Crippen LogP contribution is 2.29. The van der Waals surface area contributed by atoms with E-state index in [0.29, 0.717) is 34.8 Å². The molecule has 1 fully saturated rings. The molecule has 1 aliphatic heterocycles. The Morgan fingerprint density at radius 3 is 2.63 bits per heavy atom. The second kappa shape index (κ2) is 13.5. The van der Waals surface area contributed by atoms with Gasteiger partial charge in [-0.25, -0.2) is 14.5 Å². The third-order valence-electron chi connectivity index (χ3n) is 7.61. The number of aromatic nitrogens is 4. The van der Waals surface area contributed by atoms with Crippen LogP contribution in [0.15, 0.2) is 66.9 Å². The van der Waals surface area contributed by atoms with Crippen LogP contribution in [0.2, 0.25) is 0 Å². The summed E-state index contributed by atoms with van der Waals surface area (Å²) in [5.41, 5.74) is 5.76. The summed E-state index contributed by atoms with van der Waals surface area (Å²) in [6.45, 7) is 8.99. The summed E-state index contributed by atoms with van der Waals surface area (Å²) < 4.78 is 6.82. The van der Waals surface area contributed by atoms with E-state index in [1.807, 2.05) is 50.5 Å². The van der Waals surface area contributed by atoms with Crippen molar-refractivity contribution in [1.82, 2.24) is 29.8 Å². The maximum absolute atomic E-state index is 9.75. The number of nitrogens with one attached hydrogen (secondary N) is 2. The van der Waals surface area contributed by atoms with Crippen LogP contribution in [0, 0.1) is 22.7 Å². The minimum Gasteiger partial charge on any atom is -0.481 e. The number of anilines is 1. The Morgan fingerprint density at radius 2 is 1.98 bits per heavy atom. The van der Waals surface area contributed by atoms with Gasteiger partial charge in [-0.3, -0.25) is 4.90 Å². The number of hydrogen-bond donors (Lipinski definition) is 3. The zero-order chi connectivity index (χ0) is 30.3. The molecule has 0 bridgehead atoms. The SMILES string of the molecule is COc1ccc(CN2CCN(c3ccc(-c4cc(C(=N)/C=C(/C)NCC(C)CO)cn5ncc(C#N)c45)cn3)CC2)cn1. The summed E-state index contributed by atoms with van der Waals surface area (Å²) in [5.74, 6) is 1.64. The highest BCUT2D eigenvalue weighted by Gasteiger charge is 2.20. The maximum atomic E-state index is 9.75. The third-order valence-corrected chi connectivity index (χ3v) is 7.61. The zero-order valence-electron chi connectivity index (χ0n) is 24.8. The number of aliphatic hydroxyl groups excluding tert-OH is 1. The molecule has 0 saturated carbocycles. The first-order valence-electron chi connectivity index (χ1n) is 14.3. The predicted octanol–water partition coefficient (Wildman–Crippen LogP) is 3.48. The van der Waals surface area contributed by atoms with Gasteiger partial charge < -0.3 is 25.5 Å². The average molecular weight is 580 g/mol. The molecule has 5 rings (SSSR count). The fourth-order valence-corrected chi connectivity index (χ4v) is 5.07. The quantitative estimate of drug-likeness (QED) is 0.228. The van der Waals surface area contributed by atoms with Crippen LogP contribution in [0.4, 0.5) is 5.82 Å². The summed E-state index contributed by atoms with van der Waals surface area (Å²) in [6, 6.07) is 12.1. The van der Waals surface area contributed by atoms with Crippen molar-refractivity contribution >= 4 is 17.0 Å². The molecule has 222 valence electrons. The summed E-state index contributed by atoms with van der Waals surface area (Å²) in [4.78, 5) is 13.8.